The van der Waals surface area contributed by atoms with Gasteiger partial charge in [0, 0.05) is 13.0 Å². The Hall–Kier alpha value is -2.08. The number of aliphatic hydroxyl groups excluding tert-OH is 1. The van der Waals surface area contributed by atoms with Crippen LogP contribution in [0.1, 0.15) is 32.1 Å². The molecular weight excluding hydrogens is 284 g/mol. The Labute approximate surface area is 127 Å². The molecular formula is C16H20N2O4. The van der Waals surface area contributed by atoms with Crippen LogP contribution in [0.25, 0.3) is 11.1 Å². The van der Waals surface area contributed by atoms with Crippen molar-refractivity contribution in [3.05, 3.63) is 34.8 Å². The van der Waals surface area contributed by atoms with Crippen molar-refractivity contribution in [1.82, 2.24) is 9.88 Å². The summed E-state index contributed by atoms with van der Waals surface area (Å²) in [6.45, 7) is 0.268. The van der Waals surface area contributed by atoms with E-state index in [1.807, 2.05) is 6.07 Å². The Morgan fingerprint density at radius 2 is 2.09 bits per heavy atom. The van der Waals surface area contributed by atoms with Crippen LogP contribution in [-0.2, 0) is 11.3 Å². The molecule has 0 spiro atoms. The summed E-state index contributed by atoms with van der Waals surface area (Å²) < 4.78 is 6.60. The van der Waals surface area contributed by atoms with Gasteiger partial charge in [-0.2, -0.15) is 0 Å². The summed E-state index contributed by atoms with van der Waals surface area (Å²) in [7, 11) is 0. The van der Waals surface area contributed by atoms with E-state index < -0.39 is 11.9 Å². The first-order valence-electron chi connectivity index (χ1n) is 7.71. The molecule has 3 rings (SSSR count). The maximum Gasteiger partial charge on any atom is 0.419 e. The van der Waals surface area contributed by atoms with E-state index in [0.717, 1.165) is 25.7 Å². The number of hydrogen-bond donors (Lipinski definition) is 2. The van der Waals surface area contributed by atoms with Gasteiger partial charge in [0.25, 0.3) is 0 Å². The number of aliphatic hydroxyl groups is 1. The largest absolute Gasteiger partial charge is 0.419 e. The first kappa shape index (κ1) is 14.8. The lowest BCUT2D eigenvalue weighted by atomic mass is 9.92. The van der Waals surface area contributed by atoms with E-state index >= 15 is 0 Å². The summed E-state index contributed by atoms with van der Waals surface area (Å²) in [6.07, 6.45) is 3.29. The molecule has 6 heteroatoms. The number of rotatable bonds is 4. The molecule has 1 aromatic carbocycles. The van der Waals surface area contributed by atoms with Crippen molar-refractivity contribution in [3.8, 4) is 0 Å². The van der Waals surface area contributed by atoms with Crippen LogP contribution in [0.4, 0.5) is 0 Å². The molecule has 1 fully saturated rings. The van der Waals surface area contributed by atoms with Crippen LogP contribution >= 0.6 is 0 Å². The van der Waals surface area contributed by atoms with Gasteiger partial charge in [-0.25, -0.2) is 4.79 Å². The average molecular weight is 304 g/mol. The molecule has 0 saturated heterocycles. The second kappa shape index (κ2) is 6.36. The molecule has 1 saturated carbocycles. The van der Waals surface area contributed by atoms with Gasteiger partial charge in [-0.15, -0.1) is 0 Å². The number of para-hydroxylation sites is 2. The molecule has 22 heavy (non-hydrogen) atoms. The van der Waals surface area contributed by atoms with E-state index in [1.54, 1.807) is 18.2 Å². The molecule has 2 atom stereocenters. The molecule has 1 aliphatic rings. The second-order valence-corrected chi connectivity index (χ2v) is 5.76. The van der Waals surface area contributed by atoms with E-state index in [-0.39, 0.29) is 24.9 Å². The summed E-state index contributed by atoms with van der Waals surface area (Å²) in [5.74, 6) is -0.602. The van der Waals surface area contributed by atoms with Gasteiger partial charge in [-0.1, -0.05) is 25.0 Å². The first-order valence-corrected chi connectivity index (χ1v) is 7.71. The number of aromatic nitrogens is 1. The van der Waals surface area contributed by atoms with Gasteiger partial charge in [0.15, 0.2) is 5.58 Å². The number of hydrogen-bond acceptors (Lipinski definition) is 4. The Balaban J connectivity index is 1.63. The molecule has 1 amide bonds. The highest BCUT2D eigenvalue weighted by Gasteiger charge is 2.24. The van der Waals surface area contributed by atoms with Crippen molar-refractivity contribution in [1.29, 1.82) is 0 Å². The highest BCUT2D eigenvalue weighted by atomic mass is 16.4. The van der Waals surface area contributed by atoms with Crippen molar-refractivity contribution in [2.75, 3.05) is 0 Å². The third-order valence-corrected chi connectivity index (χ3v) is 4.21. The monoisotopic (exact) mass is 304 g/mol. The van der Waals surface area contributed by atoms with Crippen LogP contribution in [-0.4, -0.2) is 27.7 Å². The zero-order valence-corrected chi connectivity index (χ0v) is 12.3. The third-order valence-electron chi connectivity index (χ3n) is 4.21. The van der Waals surface area contributed by atoms with Crippen LogP contribution in [0.3, 0.4) is 0 Å². The Kier molecular flexibility index (Phi) is 4.29. The number of carbonyl (C=O) groups is 1. The maximum absolute atomic E-state index is 12.0. The van der Waals surface area contributed by atoms with E-state index in [1.165, 1.54) is 4.57 Å². The van der Waals surface area contributed by atoms with Gasteiger partial charge in [0.1, 0.15) is 0 Å². The molecule has 0 radical (unpaired) electrons. The molecule has 2 N–H and O–H groups in total. The quantitative estimate of drug-likeness (QED) is 0.894. The number of amides is 1. The number of nitrogens with zero attached hydrogens (tertiary/aromatic N) is 1. The van der Waals surface area contributed by atoms with Gasteiger partial charge < -0.3 is 14.8 Å². The van der Waals surface area contributed by atoms with E-state index in [9.17, 15) is 14.7 Å². The zero-order valence-electron chi connectivity index (χ0n) is 12.3. The number of carbonyl (C=O) groups excluding carboxylic acids is 1. The van der Waals surface area contributed by atoms with Gasteiger partial charge in [0.05, 0.1) is 17.7 Å². The number of aryl methyl sites for hydroxylation is 1. The SMILES string of the molecule is O=C(CCn1c(=O)oc2ccccc21)NC1CCCCC1O. The topological polar surface area (TPSA) is 84.5 Å². The lowest BCUT2D eigenvalue weighted by Crippen LogP contribution is -2.45. The molecule has 1 aliphatic carbocycles. The number of nitrogens with one attached hydrogen (secondary N) is 1. The van der Waals surface area contributed by atoms with Crippen molar-refractivity contribution < 1.29 is 14.3 Å². The average Bonchev–Trinajstić information content (AvgIpc) is 2.83. The molecule has 118 valence electrons. The van der Waals surface area contributed by atoms with Gasteiger partial charge in [0.2, 0.25) is 5.91 Å². The number of oxazole rings is 1. The van der Waals surface area contributed by atoms with Gasteiger partial charge >= 0.3 is 5.76 Å². The van der Waals surface area contributed by atoms with Crippen LogP contribution in [0, 0.1) is 0 Å². The summed E-state index contributed by atoms with van der Waals surface area (Å²) >= 11 is 0. The van der Waals surface area contributed by atoms with Crippen LogP contribution < -0.4 is 11.1 Å². The highest BCUT2D eigenvalue weighted by Crippen LogP contribution is 2.18. The third kappa shape index (κ3) is 3.06. The Bertz CT molecular complexity index is 718. The van der Waals surface area contributed by atoms with E-state index in [4.69, 9.17) is 4.42 Å². The smallest absolute Gasteiger partial charge is 0.408 e. The van der Waals surface area contributed by atoms with Gasteiger partial charge in [-0.3, -0.25) is 9.36 Å². The normalized spacial score (nSPS) is 21.9. The maximum atomic E-state index is 12.0. The van der Waals surface area contributed by atoms with Gasteiger partial charge in [-0.05, 0) is 25.0 Å². The fourth-order valence-corrected chi connectivity index (χ4v) is 3.00. The molecule has 6 nitrogen and oxygen atoms in total. The lowest BCUT2D eigenvalue weighted by Gasteiger charge is -2.28. The first-order chi connectivity index (χ1) is 10.6. The summed E-state index contributed by atoms with van der Waals surface area (Å²) in [6, 6.07) is 6.98. The van der Waals surface area contributed by atoms with E-state index in [0.29, 0.717) is 11.1 Å². The molecule has 1 aromatic heterocycles. The van der Waals surface area contributed by atoms with Crippen molar-refractivity contribution >= 4 is 17.0 Å². The minimum atomic E-state index is -0.463. The molecule has 2 aromatic rings. The minimum Gasteiger partial charge on any atom is -0.408 e. The fourth-order valence-electron chi connectivity index (χ4n) is 3.00. The lowest BCUT2D eigenvalue weighted by molar-refractivity contribution is -0.123. The zero-order chi connectivity index (χ0) is 15.5. The minimum absolute atomic E-state index is 0.150. The van der Waals surface area contributed by atoms with Crippen LogP contribution in [0.2, 0.25) is 0 Å². The van der Waals surface area contributed by atoms with Crippen molar-refractivity contribution in [2.24, 2.45) is 0 Å². The predicted molar refractivity (Wildman–Crippen MR) is 81.5 cm³/mol. The predicted octanol–water partition coefficient (Wildman–Crippen LogP) is 1.40. The Morgan fingerprint density at radius 1 is 1.32 bits per heavy atom. The summed E-state index contributed by atoms with van der Waals surface area (Å²) in [4.78, 5) is 23.8. The molecule has 1 heterocycles. The standard InChI is InChI=1S/C16H20N2O4/c19-13-7-3-1-5-11(13)17-15(20)9-10-18-12-6-2-4-8-14(12)22-16(18)21/h2,4,6,8,11,13,19H,1,3,5,7,9-10H2,(H,17,20). The molecule has 2 unspecified atom stereocenters. The van der Waals surface area contributed by atoms with E-state index in [2.05, 4.69) is 5.32 Å². The molecule has 0 bridgehead atoms. The second-order valence-electron chi connectivity index (χ2n) is 5.76. The van der Waals surface area contributed by atoms with Crippen LogP contribution in [0.15, 0.2) is 33.5 Å². The van der Waals surface area contributed by atoms with Crippen molar-refractivity contribution in [3.63, 3.8) is 0 Å². The molecule has 0 aliphatic heterocycles. The summed E-state index contributed by atoms with van der Waals surface area (Å²) in [5, 5.41) is 12.7. The highest BCUT2D eigenvalue weighted by molar-refractivity contribution is 5.77. The summed E-state index contributed by atoms with van der Waals surface area (Å²) in [5.41, 5.74) is 1.22. The fraction of sp³-hybridized carbons (Fsp3) is 0.500. The van der Waals surface area contributed by atoms with Crippen molar-refractivity contribution in [2.45, 2.75) is 50.8 Å². The van der Waals surface area contributed by atoms with Crippen LogP contribution in [0.5, 0.6) is 0 Å². The number of benzene rings is 1. The number of fused-ring (bicyclic) bond motifs is 1. The Morgan fingerprint density at radius 3 is 2.91 bits per heavy atom.